The van der Waals surface area contributed by atoms with Crippen LogP contribution in [0, 0.1) is 13.8 Å². The lowest BCUT2D eigenvalue weighted by atomic mass is 10.1. The third-order valence-electron chi connectivity index (χ3n) is 4.83. The first-order valence-corrected chi connectivity index (χ1v) is 9.70. The van der Waals surface area contributed by atoms with E-state index >= 15 is 0 Å². The zero-order chi connectivity index (χ0) is 17.8. The highest BCUT2D eigenvalue weighted by Crippen LogP contribution is 2.50. The van der Waals surface area contributed by atoms with Crippen LogP contribution in [0.5, 0.6) is 0 Å². The normalized spacial score (nSPS) is 15.8. The first kappa shape index (κ1) is 15.4. The predicted molar refractivity (Wildman–Crippen MR) is 105 cm³/mol. The van der Waals surface area contributed by atoms with Crippen LogP contribution in [0.15, 0.2) is 80.9 Å². The van der Waals surface area contributed by atoms with Crippen LogP contribution in [0.1, 0.15) is 11.1 Å². The highest BCUT2D eigenvalue weighted by molar-refractivity contribution is 7.85. The highest BCUT2D eigenvalue weighted by atomic mass is 32.2. The molecule has 4 heteroatoms. The number of fused-ring (bicyclic) bond motifs is 4. The summed E-state index contributed by atoms with van der Waals surface area (Å²) < 4.78 is 19.6. The second-order valence-electron chi connectivity index (χ2n) is 6.59. The van der Waals surface area contributed by atoms with Crippen LogP contribution in [-0.2, 0) is 10.8 Å². The first-order chi connectivity index (χ1) is 12.6. The van der Waals surface area contributed by atoms with Gasteiger partial charge >= 0.3 is 0 Å². The molecule has 4 aromatic rings. The van der Waals surface area contributed by atoms with Crippen molar-refractivity contribution in [2.75, 3.05) is 4.90 Å². The summed E-state index contributed by atoms with van der Waals surface area (Å²) in [5, 5.41) is 0.923. The van der Waals surface area contributed by atoms with Gasteiger partial charge in [-0.25, -0.2) is 4.21 Å². The number of rotatable bonds is 1. The predicted octanol–water partition coefficient (Wildman–Crippen LogP) is 6.00. The maximum absolute atomic E-state index is 13.4. The topological polar surface area (TPSA) is 33.5 Å². The lowest BCUT2D eigenvalue weighted by molar-refractivity contribution is 0.608. The smallest absolute Gasteiger partial charge is 0.222 e. The Bertz CT molecular complexity index is 1190. The Morgan fingerprint density at radius 1 is 0.885 bits per heavy atom. The number of hydrogen-bond acceptors (Lipinski definition) is 3. The third-order valence-corrected chi connectivity index (χ3v) is 6.34. The van der Waals surface area contributed by atoms with Gasteiger partial charge in [-0.05, 0) is 49.7 Å². The van der Waals surface area contributed by atoms with Crippen LogP contribution in [0.25, 0.3) is 11.0 Å². The molecule has 1 atom stereocenters. The van der Waals surface area contributed by atoms with Gasteiger partial charge in [-0.2, -0.15) is 0 Å². The Morgan fingerprint density at radius 2 is 1.62 bits per heavy atom. The quantitative estimate of drug-likeness (QED) is 0.368. The molecule has 2 heterocycles. The Morgan fingerprint density at radius 3 is 2.42 bits per heavy atom. The number of benzene rings is 3. The molecule has 0 aliphatic carbocycles. The molecule has 1 aliphatic rings. The van der Waals surface area contributed by atoms with Gasteiger partial charge in [-0.15, -0.1) is 0 Å². The van der Waals surface area contributed by atoms with Crippen LogP contribution in [-0.4, -0.2) is 4.21 Å². The van der Waals surface area contributed by atoms with Crippen LogP contribution in [0.3, 0.4) is 0 Å². The van der Waals surface area contributed by atoms with E-state index in [0.717, 1.165) is 43.3 Å². The van der Waals surface area contributed by atoms with Gasteiger partial charge in [0.2, 0.25) is 5.88 Å². The van der Waals surface area contributed by atoms with Gasteiger partial charge in [0, 0.05) is 5.39 Å². The molecule has 128 valence electrons. The summed E-state index contributed by atoms with van der Waals surface area (Å²) in [6, 6.07) is 22.1. The van der Waals surface area contributed by atoms with E-state index in [1.165, 1.54) is 0 Å². The largest absolute Gasteiger partial charge is 0.438 e. The minimum atomic E-state index is -1.28. The van der Waals surface area contributed by atoms with Gasteiger partial charge < -0.3 is 4.42 Å². The molecule has 1 unspecified atom stereocenters. The van der Waals surface area contributed by atoms with Gasteiger partial charge in [-0.3, -0.25) is 4.90 Å². The zero-order valence-electron chi connectivity index (χ0n) is 14.5. The fourth-order valence-electron chi connectivity index (χ4n) is 3.57. The number of aryl methyl sites for hydroxylation is 2. The molecule has 0 N–H and O–H groups in total. The minimum absolute atomic E-state index is 0.650. The molecular weight excluding hydrogens is 342 g/mol. The molecule has 0 amide bonds. The molecular formula is C22H17NO2S. The first-order valence-electron chi connectivity index (χ1n) is 8.55. The SMILES string of the molecule is Cc1ccc2oc3c(c2c1)S(=O)c1ccccc1N3c1ccccc1C. The molecule has 1 aromatic heterocycles. The van der Waals surface area contributed by atoms with Crippen molar-refractivity contribution in [3.63, 3.8) is 0 Å². The van der Waals surface area contributed by atoms with Crippen molar-refractivity contribution in [1.82, 2.24) is 0 Å². The van der Waals surface area contributed by atoms with Gasteiger partial charge in [-0.1, -0.05) is 42.0 Å². The monoisotopic (exact) mass is 359 g/mol. The molecule has 0 fully saturated rings. The average molecular weight is 359 g/mol. The van der Waals surface area contributed by atoms with E-state index in [2.05, 4.69) is 30.0 Å². The van der Waals surface area contributed by atoms with Crippen molar-refractivity contribution in [1.29, 1.82) is 0 Å². The lowest BCUT2D eigenvalue weighted by Crippen LogP contribution is -2.18. The molecule has 3 nitrogen and oxygen atoms in total. The van der Waals surface area contributed by atoms with Crippen molar-refractivity contribution in [2.45, 2.75) is 23.6 Å². The van der Waals surface area contributed by atoms with Crippen LogP contribution >= 0.6 is 0 Å². The van der Waals surface area contributed by atoms with Gasteiger partial charge in [0.1, 0.15) is 10.5 Å². The van der Waals surface area contributed by atoms with E-state index in [4.69, 9.17) is 4.42 Å². The summed E-state index contributed by atoms with van der Waals surface area (Å²) >= 11 is 0. The highest BCUT2D eigenvalue weighted by Gasteiger charge is 2.34. The minimum Gasteiger partial charge on any atom is -0.438 e. The van der Waals surface area contributed by atoms with Crippen molar-refractivity contribution in [3.8, 4) is 0 Å². The molecule has 5 rings (SSSR count). The van der Waals surface area contributed by atoms with E-state index in [1.807, 2.05) is 55.5 Å². The lowest BCUT2D eigenvalue weighted by Gasteiger charge is -2.30. The van der Waals surface area contributed by atoms with E-state index in [9.17, 15) is 4.21 Å². The van der Waals surface area contributed by atoms with Gasteiger partial charge in [0.05, 0.1) is 27.1 Å². The second-order valence-corrected chi connectivity index (χ2v) is 7.98. The summed E-state index contributed by atoms with van der Waals surface area (Å²) in [5.41, 5.74) is 4.97. The number of para-hydroxylation sites is 2. The van der Waals surface area contributed by atoms with E-state index in [-0.39, 0.29) is 0 Å². The van der Waals surface area contributed by atoms with E-state index < -0.39 is 10.8 Å². The Kier molecular flexibility index (Phi) is 3.31. The average Bonchev–Trinajstić information content (AvgIpc) is 3.02. The summed E-state index contributed by atoms with van der Waals surface area (Å²) in [4.78, 5) is 3.66. The molecule has 1 aliphatic heterocycles. The van der Waals surface area contributed by atoms with Crippen LogP contribution < -0.4 is 4.90 Å². The molecule has 0 radical (unpaired) electrons. The maximum atomic E-state index is 13.4. The molecule has 0 bridgehead atoms. The fraction of sp³-hybridized carbons (Fsp3) is 0.0909. The fourth-order valence-corrected chi connectivity index (χ4v) is 5.00. The standard InChI is InChI=1S/C22H17NO2S/c1-14-11-12-19-16(13-14)21-22(25-19)23(17-8-4-3-7-15(17)2)18-9-5-6-10-20(18)26(21)24/h3-13H,1-2H3. The van der Waals surface area contributed by atoms with Crippen LogP contribution in [0.4, 0.5) is 17.3 Å². The summed E-state index contributed by atoms with van der Waals surface area (Å²) in [6.45, 7) is 4.12. The summed E-state index contributed by atoms with van der Waals surface area (Å²) in [5.74, 6) is 0.650. The molecule has 26 heavy (non-hydrogen) atoms. The molecule has 3 aromatic carbocycles. The third kappa shape index (κ3) is 2.09. The van der Waals surface area contributed by atoms with Crippen molar-refractivity contribution < 1.29 is 8.63 Å². The van der Waals surface area contributed by atoms with Crippen molar-refractivity contribution >= 4 is 39.0 Å². The Hall–Kier alpha value is -2.85. The van der Waals surface area contributed by atoms with E-state index in [1.54, 1.807) is 0 Å². The van der Waals surface area contributed by atoms with Crippen molar-refractivity contribution in [3.05, 3.63) is 77.9 Å². The second kappa shape index (κ2) is 5.58. The van der Waals surface area contributed by atoms with Crippen molar-refractivity contribution in [2.24, 2.45) is 0 Å². The Balaban J connectivity index is 1.90. The number of nitrogens with zero attached hydrogens (tertiary/aromatic N) is 1. The Labute approximate surface area is 154 Å². The van der Waals surface area contributed by atoms with Gasteiger partial charge in [0.25, 0.3) is 0 Å². The van der Waals surface area contributed by atoms with Gasteiger partial charge in [0.15, 0.2) is 0 Å². The summed E-state index contributed by atoms with van der Waals surface area (Å²) in [6.07, 6.45) is 0. The maximum Gasteiger partial charge on any atom is 0.222 e. The zero-order valence-corrected chi connectivity index (χ0v) is 15.3. The van der Waals surface area contributed by atoms with Crippen LogP contribution in [0.2, 0.25) is 0 Å². The molecule has 0 spiro atoms. The molecule has 0 saturated heterocycles. The molecule has 0 saturated carbocycles. The number of furan rings is 1. The summed E-state index contributed by atoms with van der Waals surface area (Å²) in [7, 11) is -1.28. The number of hydrogen-bond donors (Lipinski definition) is 0. The van der Waals surface area contributed by atoms with E-state index in [0.29, 0.717) is 5.88 Å². The number of anilines is 3.